The molecule has 2 aliphatic rings. The molecule has 1 heterocycles. The average Bonchev–Trinajstić information content (AvgIpc) is 2.78. The van der Waals surface area contributed by atoms with Crippen molar-refractivity contribution in [3.8, 4) is 0 Å². The Morgan fingerprint density at radius 1 is 1.00 bits per heavy atom. The van der Waals surface area contributed by atoms with Crippen LogP contribution in [-0.4, -0.2) is 42.2 Å². The first kappa shape index (κ1) is 25.0. The lowest BCUT2D eigenvalue weighted by molar-refractivity contribution is -0.137. The molecule has 2 aromatic rings. The number of hydrogen-bond acceptors (Lipinski definition) is 5. The Bertz CT molecular complexity index is 1070. The van der Waals surface area contributed by atoms with Gasteiger partial charge in [-0.15, -0.1) is 0 Å². The van der Waals surface area contributed by atoms with Gasteiger partial charge in [-0.3, -0.25) is 0 Å². The summed E-state index contributed by atoms with van der Waals surface area (Å²) >= 11 is 0. The first-order valence-electron chi connectivity index (χ1n) is 11.9. The van der Waals surface area contributed by atoms with E-state index < -0.39 is 23.6 Å². The number of anilines is 3. The minimum absolute atomic E-state index is 0.134. The molecule has 1 fully saturated rings. The number of carbonyl (C=O) groups is 1. The highest BCUT2D eigenvalue weighted by Crippen LogP contribution is 2.32. The molecule has 1 aromatic carbocycles. The largest absolute Gasteiger partial charge is 0.416 e. The smallest absolute Gasteiger partial charge is 0.362 e. The molecule has 4 rings (SSSR count). The van der Waals surface area contributed by atoms with Gasteiger partial charge in [0, 0.05) is 37.4 Å². The van der Waals surface area contributed by atoms with E-state index in [4.69, 9.17) is 9.97 Å². The Kier molecular flexibility index (Phi) is 7.32. The van der Waals surface area contributed by atoms with E-state index in [1.807, 2.05) is 19.0 Å². The maximum absolute atomic E-state index is 13.6. The molecule has 0 atom stereocenters. The summed E-state index contributed by atoms with van der Waals surface area (Å²) in [6.07, 6.45) is 2.46. The number of nitrogens with one attached hydrogen (secondary N) is 3. The third-order valence-electron chi connectivity index (χ3n) is 6.46. The van der Waals surface area contributed by atoms with Crippen molar-refractivity contribution in [3.63, 3.8) is 0 Å². The van der Waals surface area contributed by atoms with Gasteiger partial charge >= 0.3 is 12.2 Å². The van der Waals surface area contributed by atoms with Gasteiger partial charge < -0.3 is 20.9 Å². The van der Waals surface area contributed by atoms with Crippen LogP contribution in [0.2, 0.25) is 0 Å². The zero-order valence-corrected chi connectivity index (χ0v) is 19.8. The standard InChI is InChI=1S/C24H30F4N6O/c1-34(2)21-19-5-3-4-6-20(19)32-22(33-21)29-16-7-9-17(10-8-16)30-23(35)31-18-12-14(24(26,27)28)11-15(25)13-18/h11-13,16-17H,3-10H2,1-2H3,(H,29,32,33)(H2,30,31,35)/t16-,17+. The van der Waals surface area contributed by atoms with Crippen LogP contribution in [0.3, 0.4) is 0 Å². The number of fused-ring (bicyclic) bond motifs is 1. The van der Waals surface area contributed by atoms with Gasteiger partial charge in [0.25, 0.3) is 0 Å². The van der Waals surface area contributed by atoms with Gasteiger partial charge in [-0.25, -0.2) is 14.2 Å². The molecule has 2 amide bonds. The van der Waals surface area contributed by atoms with E-state index in [-0.39, 0.29) is 17.8 Å². The number of halogens is 4. The molecule has 0 spiro atoms. The predicted molar refractivity (Wildman–Crippen MR) is 126 cm³/mol. The number of amides is 2. The Morgan fingerprint density at radius 3 is 2.37 bits per heavy atom. The molecule has 7 nitrogen and oxygen atoms in total. The summed E-state index contributed by atoms with van der Waals surface area (Å²) < 4.78 is 52.2. The molecule has 0 bridgehead atoms. The third kappa shape index (κ3) is 6.32. The molecule has 3 N–H and O–H groups in total. The summed E-state index contributed by atoms with van der Waals surface area (Å²) in [6.45, 7) is 0. The SMILES string of the molecule is CN(C)c1nc(N[C@H]2CC[C@@H](NC(=O)Nc3cc(F)cc(C(F)(F)F)c3)CC2)nc2c1CCCC2. The number of carbonyl (C=O) groups excluding carboxylic acids is 1. The van der Waals surface area contributed by atoms with Gasteiger partial charge in [0.2, 0.25) is 5.95 Å². The number of benzene rings is 1. The fourth-order valence-electron chi connectivity index (χ4n) is 4.75. The lowest BCUT2D eigenvalue weighted by Gasteiger charge is -2.30. The molecule has 2 aliphatic carbocycles. The second-order valence-corrected chi connectivity index (χ2v) is 9.42. The summed E-state index contributed by atoms with van der Waals surface area (Å²) in [4.78, 5) is 23.8. The van der Waals surface area contributed by atoms with Gasteiger partial charge in [0.15, 0.2) is 0 Å². The minimum Gasteiger partial charge on any atom is -0.362 e. The molecule has 0 aliphatic heterocycles. The molecule has 1 aromatic heterocycles. The van der Waals surface area contributed by atoms with Crippen LogP contribution < -0.4 is 20.9 Å². The van der Waals surface area contributed by atoms with E-state index in [1.54, 1.807) is 0 Å². The number of nitrogens with zero attached hydrogens (tertiary/aromatic N) is 3. The minimum atomic E-state index is -4.70. The van der Waals surface area contributed by atoms with Crippen LogP contribution in [0.25, 0.3) is 0 Å². The Balaban J connectivity index is 1.31. The highest BCUT2D eigenvalue weighted by atomic mass is 19.4. The number of hydrogen-bond donors (Lipinski definition) is 3. The highest BCUT2D eigenvalue weighted by molar-refractivity contribution is 5.89. The van der Waals surface area contributed by atoms with Crippen LogP contribution in [-0.2, 0) is 19.0 Å². The Morgan fingerprint density at radius 2 is 1.69 bits per heavy atom. The van der Waals surface area contributed by atoms with Crippen molar-refractivity contribution in [2.75, 3.05) is 29.6 Å². The predicted octanol–water partition coefficient (Wildman–Crippen LogP) is 5.12. The molecule has 1 saturated carbocycles. The molecule has 190 valence electrons. The number of rotatable bonds is 5. The number of aromatic nitrogens is 2. The van der Waals surface area contributed by atoms with Crippen LogP contribution >= 0.6 is 0 Å². The average molecular weight is 495 g/mol. The number of alkyl halides is 3. The Labute approximate surface area is 201 Å². The maximum Gasteiger partial charge on any atom is 0.416 e. The van der Waals surface area contributed by atoms with Crippen molar-refractivity contribution in [3.05, 3.63) is 40.8 Å². The fourth-order valence-corrected chi connectivity index (χ4v) is 4.75. The van der Waals surface area contributed by atoms with Crippen molar-refractivity contribution in [2.45, 2.75) is 69.6 Å². The van der Waals surface area contributed by atoms with Crippen LogP contribution in [0.15, 0.2) is 18.2 Å². The summed E-state index contributed by atoms with van der Waals surface area (Å²) in [7, 11) is 3.97. The summed E-state index contributed by atoms with van der Waals surface area (Å²) in [5, 5.41) is 8.53. The van der Waals surface area contributed by atoms with Crippen molar-refractivity contribution in [1.29, 1.82) is 0 Å². The van der Waals surface area contributed by atoms with E-state index in [9.17, 15) is 22.4 Å². The topological polar surface area (TPSA) is 82.2 Å². The highest BCUT2D eigenvalue weighted by Gasteiger charge is 2.32. The molecule has 35 heavy (non-hydrogen) atoms. The first-order chi connectivity index (χ1) is 16.6. The quantitative estimate of drug-likeness (QED) is 0.503. The van der Waals surface area contributed by atoms with E-state index in [1.165, 1.54) is 5.56 Å². The molecule has 0 saturated heterocycles. The molecule has 0 unspecified atom stereocenters. The lowest BCUT2D eigenvalue weighted by atomic mass is 9.91. The number of aryl methyl sites for hydroxylation is 1. The lowest BCUT2D eigenvalue weighted by Crippen LogP contribution is -2.42. The number of urea groups is 1. The second-order valence-electron chi connectivity index (χ2n) is 9.42. The normalized spacial score (nSPS) is 20.1. The van der Waals surface area contributed by atoms with Crippen molar-refractivity contribution in [1.82, 2.24) is 15.3 Å². The molecular weight excluding hydrogens is 464 g/mol. The fraction of sp³-hybridized carbons (Fsp3) is 0.542. The summed E-state index contributed by atoms with van der Waals surface area (Å²) in [5.41, 5.74) is 0.939. The molecular formula is C24H30F4N6O. The zero-order valence-electron chi connectivity index (χ0n) is 19.8. The van der Waals surface area contributed by atoms with Gasteiger partial charge in [0.1, 0.15) is 11.6 Å². The molecule has 0 radical (unpaired) electrons. The van der Waals surface area contributed by atoms with Crippen molar-refractivity contribution in [2.24, 2.45) is 0 Å². The van der Waals surface area contributed by atoms with Crippen LogP contribution in [0, 0.1) is 5.82 Å². The van der Waals surface area contributed by atoms with E-state index in [0.717, 1.165) is 56.1 Å². The van der Waals surface area contributed by atoms with Crippen molar-refractivity contribution < 1.29 is 22.4 Å². The van der Waals surface area contributed by atoms with E-state index in [0.29, 0.717) is 30.9 Å². The van der Waals surface area contributed by atoms with E-state index >= 15 is 0 Å². The summed E-state index contributed by atoms with van der Waals surface area (Å²) in [5.74, 6) is 0.508. The van der Waals surface area contributed by atoms with Crippen LogP contribution in [0.1, 0.15) is 55.3 Å². The van der Waals surface area contributed by atoms with Crippen LogP contribution in [0.4, 0.5) is 39.8 Å². The van der Waals surface area contributed by atoms with E-state index in [2.05, 4.69) is 16.0 Å². The van der Waals surface area contributed by atoms with Crippen molar-refractivity contribution >= 4 is 23.5 Å². The van der Waals surface area contributed by atoms with Gasteiger partial charge in [-0.1, -0.05) is 0 Å². The maximum atomic E-state index is 13.6. The first-order valence-corrected chi connectivity index (χ1v) is 11.9. The Hall–Kier alpha value is -3.11. The van der Waals surface area contributed by atoms with Gasteiger partial charge in [0.05, 0.1) is 11.3 Å². The van der Waals surface area contributed by atoms with Gasteiger partial charge in [-0.2, -0.15) is 18.2 Å². The zero-order chi connectivity index (χ0) is 25.2. The monoisotopic (exact) mass is 494 g/mol. The summed E-state index contributed by atoms with van der Waals surface area (Å²) in [6, 6.07) is 1.33. The third-order valence-corrected chi connectivity index (χ3v) is 6.46. The second kappa shape index (κ2) is 10.2. The molecule has 11 heteroatoms. The van der Waals surface area contributed by atoms with Gasteiger partial charge in [-0.05, 0) is 69.6 Å². The van der Waals surface area contributed by atoms with Crippen LogP contribution in [0.5, 0.6) is 0 Å².